The molecule has 2 aromatic rings. The fraction of sp³-hybridized carbons (Fsp3) is 0.364. The first-order chi connectivity index (χ1) is 14.0. The van der Waals surface area contributed by atoms with E-state index in [0.717, 1.165) is 47.1 Å². The third kappa shape index (κ3) is 3.30. The highest BCUT2D eigenvalue weighted by molar-refractivity contribution is 7.51. The zero-order valence-electron chi connectivity index (χ0n) is 17.0. The Morgan fingerprint density at radius 2 is 2.17 bits per heavy atom. The van der Waals surface area contributed by atoms with Gasteiger partial charge in [0.25, 0.3) is 5.91 Å². The molecule has 3 aliphatic rings. The van der Waals surface area contributed by atoms with E-state index in [-0.39, 0.29) is 11.7 Å². The standard InChI is InChI=1S/C22H26N5OP/c1-14-8-16(9-17-11-24-25(3)22(14)17)19-10-20(28)27-13-18(4-5-21(27)29-19)26-7-6-23-15(2)12-26/h4-5,8-11,13,15,21,23,29H,6-7,12H2,1-3H3/t15-,21?/m0/s1. The highest BCUT2D eigenvalue weighted by Gasteiger charge is 2.30. The Kier molecular flexibility index (Phi) is 4.56. The number of amides is 1. The Morgan fingerprint density at radius 1 is 1.31 bits per heavy atom. The third-order valence-corrected chi connectivity index (χ3v) is 7.42. The SMILES string of the molecule is Cc1cc(C2=CC(=O)N3C=C(N4CCN[C@@H](C)C4)C=CC3P2)cc2cnn(C)c12. The monoisotopic (exact) mass is 407 g/mol. The number of carbonyl (C=O) groups is 1. The molecule has 0 bridgehead atoms. The van der Waals surface area contributed by atoms with Gasteiger partial charge in [-0.2, -0.15) is 5.10 Å². The van der Waals surface area contributed by atoms with E-state index in [4.69, 9.17) is 0 Å². The van der Waals surface area contributed by atoms with Gasteiger partial charge in [-0.25, -0.2) is 0 Å². The van der Waals surface area contributed by atoms with E-state index in [0.29, 0.717) is 14.6 Å². The zero-order chi connectivity index (χ0) is 20.1. The second kappa shape index (κ2) is 7.12. The molecule has 1 fully saturated rings. The molecule has 1 N–H and O–H groups in total. The number of piperazine rings is 1. The molecule has 6 nitrogen and oxygen atoms in total. The minimum atomic E-state index is 0.0673. The van der Waals surface area contributed by atoms with Crippen molar-refractivity contribution in [3.63, 3.8) is 0 Å². The zero-order valence-corrected chi connectivity index (χ0v) is 18.0. The molecule has 0 radical (unpaired) electrons. The first-order valence-corrected chi connectivity index (χ1v) is 11.2. The van der Waals surface area contributed by atoms with E-state index in [1.807, 2.05) is 35.1 Å². The van der Waals surface area contributed by atoms with Crippen LogP contribution in [0.5, 0.6) is 0 Å². The predicted molar refractivity (Wildman–Crippen MR) is 119 cm³/mol. The Balaban J connectivity index is 1.44. The second-order valence-electron chi connectivity index (χ2n) is 8.11. The van der Waals surface area contributed by atoms with Gasteiger partial charge in [0.15, 0.2) is 0 Å². The van der Waals surface area contributed by atoms with Crippen LogP contribution in [0.15, 0.2) is 48.5 Å². The van der Waals surface area contributed by atoms with Crippen LogP contribution in [-0.4, -0.2) is 56.9 Å². The van der Waals surface area contributed by atoms with Crippen molar-refractivity contribution in [3.8, 4) is 0 Å². The second-order valence-corrected chi connectivity index (χ2v) is 9.53. The number of aromatic nitrogens is 2. The molecule has 1 saturated heterocycles. The molecule has 29 heavy (non-hydrogen) atoms. The van der Waals surface area contributed by atoms with Crippen LogP contribution in [0.4, 0.5) is 0 Å². The number of nitrogens with zero attached hydrogens (tertiary/aromatic N) is 4. The summed E-state index contributed by atoms with van der Waals surface area (Å²) in [7, 11) is 2.50. The van der Waals surface area contributed by atoms with E-state index in [9.17, 15) is 4.79 Å². The van der Waals surface area contributed by atoms with Crippen molar-refractivity contribution in [1.29, 1.82) is 0 Å². The van der Waals surface area contributed by atoms with Gasteiger partial charge in [-0.05, 0) is 48.5 Å². The van der Waals surface area contributed by atoms with Crippen LogP contribution in [0.25, 0.3) is 16.2 Å². The van der Waals surface area contributed by atoms with Gasteiger partial charge in [-0.15, -0.1) is 0 Å². The van der Waals surface area contributed by atoms with Crippen molar-refractivity contribution in [1.82, 2.24) is 24.9 Å². The van der Waals surface area contributed by atoms with E-state index < -0.39 is 0 Å². The van der Waals surface area contributed by atoms with Crippen LogP contribution >= 0.6 is 8.58 Å². The van der Waals surface area contributed by atoms with Gasteiger partial charge < -0.3 is 15.1 Å². The van der Waals surface area contributed by atoms with E-state index >= 15 is 0 Å². The topological polar surface area (TPSA) is 53.4 Å². The number of nitrogens with one attached hydrogen (secondary N) is 1. The lowest BCUT2D eigenvalue weighted by molar-refractivity contribution is -0.123. The summed E-state index contributed by atoms with van der Waals surface area (Å²) in [6.45, 7) is 7.23. The van der Waals surface area contributed by atoms with Crippen molar-refractivity contribution >= 4 is 30.7 Å². The summed E-state index contributed by atoms with van der Waals surface area (Å²) >= 11 is 0. The third-order valence-electron chi connectivity index (χ3n) is 5.91. The minimum absolute atomic E-state index is 0.0673. The Hall–Kier alpha value is -2.43. The molecule has 1 aromatic carbocycles. The molecule has 150 valence electrons. The van der Waals surface area contributed by atoms with Crippen molar-refractivity contribution in [3.05, 3.63) is 59.6 Å². The van der Waals surface area contributed by atoms with Gasteiger partial charge >= 0.3 is 0 Å². The number of rotatable bonds is 2. The minimum Gasteiger partial charge on any atom is -0.368 e. The first kappa shape index (κ1) is 18.6. The van der Waals surface area contributed by atoms with Gasteiger partial charge in [-0.1, -0.05) is 14.7 Å². The Morgan fingerprint density at radius 3 is 3.00 bits per heavy atom. The van der Waals surface area contributed by atoms with Crippen molar-refractivity contribution in [2.24, 2.45) is 7.05 Å². The molecular formula is C22H26N5OP. The van der Waals surface area contributed by atoms with Crippen molar-refractivity contribution in [2.45, 2.75) is 25.7 Å². The van der Waals surface area contributed by atoms with Gasteiger partial charge in [0.2, 0.25) is 0 Å². The highest BCUT2D eigenvalue weighted by Crippen LogP contribution is 2.45. The number of allylic oxidation sites excluding steroid dienone is 1. The van der Waals surface area contributed by atoms with Crippen molar-refractivity contribution < 1.29 is 4.79 Å². The van der Waals surface area contributed by atoms with Crippen LogP contribution in [0.3, 0.4) is 0 Å². The average Bonchev–Trinajstić information content (AvgIpc) is 3.09. The fourth-order valence-corrected chi connectivity index (χ4v) is 5.87. The van der Waals surface area contributed by atoms with E-state index in [1.165, 1.54) is 5.56 Å². The van der Waals surface area contributed by atoms with Gasteiger partial charge in [0.05, 0.1) is 23.2 Å². The molecule has 1 amide bonds. The molecule has 1 aromatic heterocycles. The molecule has 7 heteroatoms. The number of hydrogen-bond acceptors (Lipinski definition) is 4. The van der Waals surface area contributed by atoms with Gasteiger partial charge in [0.1, 0.15) is 0 Å². The smallest absolute Gasteiger partial charge is 0.252 e. The number of benzene rings is 1. The molecule has 4 heterocycles. The summed E-state index contributed by atoms with van der Waals surface area (Å²) in [5.41, 5.74) is 4.61. The summed E-state index contributed by atoms with van der Waals surface area (Å²) < 4.78 is 1.91. The normalized spacial score (nSPS) is 25.4. The molecule has 3 atom stereocenters. The average molecular weight is 407 g/mol. The number of hydrogen-bond donors (Lipinski definition) is 1. The summed E-state index contributed by atoms with van der Waals surface area (Å²) in [6.07, 6.45) is 10.1. The van der Waals surface area contributed by atoms with Crippen LogP contribution in [-0.2, 0) is 11.8 Å². The maximum Gasteiger partial charge on any atom is 0.252 e. The number of carbonyl (C=O) groups excluding carboxylic acids is 1. The first-order valence-electron chi connectivity index (χ1n) is 10.1. The lowest BCUT2D eigenvalue weighted by Crippen LogP contribution is -2.49. The van der Waals surface area contributed by atoms with Crippen LogP contribution in [0, 0.1) is 6.92 Å². The van der Waals surface area contributed by atoms with Gasteiger partial charge in [0, 0.05) is 50.4 Å². The van der Waals surface area contributed by atoms with Crippen LogP contribution in [0.1, 0.15) is 18.1 Å². The number of aryl methyl sites for hydroxylation is 2. The van der Waals surface area contributed by atoms with Crippen LogP contribution in [0.2, 0.25) is 0 Å². The Labute approximate surface area is 172 Å². The fourth-order valence-electron chi connectivity index (χ4n) is 4.50. The molecule has 3 aliphatic heterocycles. The summed E-state index contributed by atoms with van der Waals surface area (Å²) in [6, 6.07) is 4.81. The predicted octanol–water partition coefficient (Wildman–Crippen LogP) is 2.77. The van der Waals surface area contributed by atoms with E-state index in [2.05, 4.69) is 53.4 Å². The van der Waals surface area contributed by atoms with Crippen molar-refractivity contribution in [2.75, 3.05) is 19.6 Å². The summed E-state index contributed by atoms with van der Waals surface area (Å²) in [4.78, 5) is 17.3. The quantitative estimate of drug-likeness (QED) is 0.778. The highest BCUT2D eigenvalue weighted by atomic mass is 31.1. The molecular weight excluding hydrogens is 381 g/mol. The van der Waals surface area contributed by atoms with Gasteiger partial charge in [-0.3, -0.25) is 9.48 Å². The van der Waals surface area contributed by atoms with Crippen LogP contribution < -0.4 is 5.32 Å². The maximum atomic E-state index is 13.0. The Bertz CT molecular complexity index is 1080. The maximum absolute atomic E-state index is 13.0. The summed E-state index contributed by atoms with van der Waals surface area (Å²) in [5, 5.41) is 10.1. The largest absolute Gasteiger partial charge is 0.368 e. The molecule has 0 aliphatic carbocycles. The molecule has 0 saturated carbocycles. The molecule has 2 unspecified atom stereocenters. The van der Waals surface area contributed by atoms with E-state index in [1.54, 1.807) is 0 Å². The molecule has 0 spiro atoms. The lowest BCUT2D eigenvalue weighted by atomic mass is 10.1. The number of fused-ring (bicyclic) bond motifs is 2. The molecule has 5 rings (SSSR count). The lowest BCUT2D eigenvalue weighted by Gasteiger charge is -2.39. The summed E-state index contributed by atoms with van der Waals surface area (Å²) in [5.74, 6) is 0.175.